The number of carbonyl (C=O) groups excluding carboxylic acids is 3. The lowest BCUT2D eigenvalue weighted by Gasteiger charge is -2.10. The van der Waals surface area contributed by atoms with E-state index in [9.17, 15) is 14.4 Å². The van der Waals surface area contributed by atoms with Crippen LogP contribution in [-0.4, -0.2) is 31.4 Å². The molecule has 0 aliphatic heterocycles. The number of halogens is 1. The third kappa shape index (κ3) is 5.06. The molecule has 25 heavy (non-hydrogen) atoms. The number of Topliss-reactive ketones (excluding diaryl/α,β-unsaturated/α-hetero) is 1. The van der Waals surface area contributed by atoms with Gasteiger partial charge >= 0.3 is 5.97 Å². The molecule has 0 bridgehead atoms. The maximum atomic E-state index is 12.0. The van der Waals surface area contributed by atoms with E-state index in [1.165, 1.54) is 32.2 Å². The lowest BCUT2D eigenvalue weighted by atomic mass is 10.1. The largest absolute Gasteiger partial charge is 0.484 e. The van der Waals surface area contributed by atoms with Crippen LogP contribution in [0.3, 0.4) is 0 Å². The number of carbonyl (C=O) groups is 3. The highest BCUT2D eigenvalue weighted by Gasteiger charge is 2.12. The Labute approximate surface area is 149 Å². The molecule has 2 aromatic rings. The zero-order chi connectivity index (χ0) is 18.4. The number of hydrogen-bond donors (Lipinski definition) is 1. The Hall–Kier alpha value is -2.86. The van der Waals surface area contributed by atoms with E-state index in [0.29, 0.717) is 11.3 Å². The summed E-state index contributed by atoms with van der Waals surface area (Å²) >= 11 is 6.01. The topological polar surface area (TPSA) is 81.7 Å². The van der Waals surface area contributed by atoms with Crippen LogP contribution in [0.5, 0.6) is 5.75 Å². The van der Waals surface area contributed by atoms with E-state index < -0.39 is 11.9 Å². The van der Waals surface area contributed by atoms with E-state index in [4.69, 9.17) is 16.3 Å². The molecule has 0 saturated carbocycles. The molecule has 130 valence electrons. The molecule has 0 fully saturated rings. The monoisotopic (exact) mass is 361 g/mol. The minimum atomic E-state index is -0.533. The second kappa shape index (κ2) is 8.30. The van der Waals surface area contributed by atoms with Crippen molar-refractivity contribution in [3.63, 3.8) is 0 Å². The molecule has 0 aliphatic rings. The Bertz CT molecular complexity index is 802. The van der Waals surface area contributed by atoms with E-state index in [1.807, 2.05) is 0 Å². The summed E-state index contributed by atoms with van der Waals surface area (Å²) < 4.78 is 9.98. The number of ketones is 1. The van der Waals surface area contributed by atoms with E-state index >= 15 is 0 Å². The first-order chi connectivity index (χ1) is 11.9. The molecule has 0 heterocycles. The fourth-order valence-electron chi connectivity index (χ4n) is 1.99. The molecule has 7 heteroatoms. The van der Waals surface area contributed by atoms with Gasteiger partial charge in [-0.15, -0.1) is 0 Å². The Balaban J connectivity index is 1.98. The smallest absolute Gasteiger partial charge is 0.337 e. The summed E-state index contributed by atoms with van der Waals surface area (Å²) in [7, 11) is 1.26. The number of methoxy groups -OCH3 is 1. The SMILES string of the molecule is COC(=O)c1ccc(Cl)c(NC(=O)COc2ccc(C(C)=O)cc2)c1. The standard InChI is InChI=1S/C18H16ClNO5/c1-11(21)12-3-6-14(7-4-12)25-10-17(22)20-16-9-13(18(23)24-2)5-8-15(16)19/h3-9H,10H2,1-2H3,(H,20,22). The van der Waals surface area contributed by atoms with Crippen LogP contribution >= 0.6 is 11.6 Å². The van der Waals surface area contributed by atoms with Gasteiger partial charge in [-0.2, -0.15) is 0 Å². The van der Waals surface area contributed by atoms with Crippen LogP contribution in [-0.2, 0) is 9.53 Å². The quantitative estimate of drug-likeness (QED) is 0.630. The van der Waals surface area contributed by atoms with E-state index in [2.05, 4.69) is 10.1 Å². The predicted octanol–water partition coefficient (Wildman–Crippen LogP) is 3.35. The van der Waals surface area contributed by atoms with Crippen molar-refractivity contribution in [1.29, 1.82) is 0 Å². The van der Waals surface area contributed by atoms with Crippen LogP contribution in [0, 0.1) is 0 Å². The van der Waals surface area contributed by atoms with Crippen molar-refractivity contribution >= 4 is 34.9 Å². The average molecular weight is 362 g/mol. The van der Waals surface area contributed by atoms with Crippen LogP contribution < -0.4 is 10.1 Å². The molecule has 1 N–H and O–H groups in total. The normalized spacial score (nSPS) is 10.0. The van der Waals surface area contributed by atoms with Crippen LogP contribution in [0.4, 0.5) is 5.69 Å². The molecule has 0 radical (unpaired) electrons. The van der Waals surface area contributed by atoms with Gasteiger partial charge in [-0.25, -0.2) is 4.79 Å². The molecule has 1 amide bonds. The molecule has 0 aromatic heterocycles. The predicted molar refractivity (Wildman–Crippen MR) is 93.4 cm³/mol. The summed E-state index contributed by atoms with van der Waals surface area (Å²) in [5.41, 5.74) is 1.11. The van der Waals surface area contributed by atoms with Crippen molar-refractivity contribution in [1.82, 2.24) is 0 Å². The molecular weight excluding hydrogens is 346 g/mol. The van der Waals surface area contributed by atoms with Crippen LogP contribution in [0.25, 0.3) is 0 Å². The fraction of sp³-hybridized carbons (Fsp3) is 0.167. The summed E-state index contributed by atoms with van der Waals surface area (Å²) in [6, 6.07) is 10.9. The minimum absolute atomic E-state index is 0.0515. The van der Waals surface area contributed by atoms with Gasteiger partial charge in [-0.1, -0.05) is 11.6 Å². The number of rotatable bonds is 6. The third-order valence-corrected chi connectivity index (χ3v) is 3.62. The molecule has 6 nitrogen and oxygen atoms in total. The molecule has 2 rings (SSSR count). The molecule has 2 aromatic carbocycles. The highest BCUT2D eigenvalue weighted by Crippen LogP contribution is 2.23. The van der Waals surface area contributed by atoms with Crippen molar-refractivity contribution in [2.45, 2.75) is 6.92 Å². The second-order valence-electron chi connectivity index (χ2n) is 5.10. The maximum Gasteiger partial charge on any atom is 0.337 e. The molecular formula is C18H16ClNO5. The number of nitrogens with one attached hydrogen (secondary N) is 1. The van der Waals surface area contributed by atoms with Crippen molar-refractivity contribution < 1.29 is 23.9 Å². The maximum absolute atomic E-state index is 12.0. The number of benzene rings is 2. The first kappa shape index (κ1) is 18.5. The van der Waals surface area contributed by atoms with Crippen LogP contribution in [0.1, 0.15) is 27.6 Å². The average Bonchev–Trinajstić information content (AvgIpc) is 2.61. The third-order valence-electron chi connectivity index (χ3n) is 3.29. The summed E-state index contributed by atoms with van der Waals surface area (Å²) in [4.78, 5) is 34.7. The zero-order valence-corrected chi connectivity index (χ0v) is 14.4. The molecule has 0 spiro atoms. The zero-order valence-electron chi connectivity index (χ0n) is 13.7. The van der Waals surface area contributed by atoms with Gasteiger partial charge in [0.1, 0.15) is 5.75 Å². The van der Waals surface area contributed by atoms with Gasteiger partial charge in [0.05, 0.1) is 23.4 Å². The van der Waals surface area contributed by atoms with Gasteiger partial charge in [0.25, 0.3) is 5.91 Å². The minimum Gasteiger partial charge on any atom is -0.484 e. The van der Waals surface area contributed by atoms with Gasteiger partial charge in [0, 0.05) is 5.56 Å². The first-order valence-electron chi connectivity index (χ1n) is 7.32. The fourth-order valence-corrected chi connectivity index (χ4v) is 2.15. The second-order valence-corrected chi connectivity index (χ2v) is 5.51. The number of amides is 1. The Kier molecular flexibility index (Phi) is 6.14. The van der Waals surface area contributed by atoms with E-state index in [-0.39, 0.29) is 28.7 Å². The van der Waals surface area contributed by atoms with Gasteiger partial charge in [-0.3, -0.25) is 9.59 Å². The Morgan fingerprint density at radius 1 is 1.04 bits per heavy atom. The Morgan fingerprint density at radius 2 is 1.68 bits per heavy atom. The first-order valence-corrected chi connectivity index (χ1v) is 7.70. The lowest BCUT2D eigenvalue weighted by Crippen LogP contribution is -2.20. The van der Waals surface area contributed by atoms with Crippen molar-refractivity contribution in [2.24, 2.45) is 0 Å². The number of esters is 1. The van der Waals surface area contributed by atoms with Crippen LogP contribution in [0.15, 0.2) is 42.5 Å². The lowest BCUT2D eigenvalue weighted by molar-refractivity contribution is -0.118. The van der Waals surface area contributed by atoms with Crippen LogP contribution in [0.2, 0.25) is 5.02 Å². The van der Waals surface area contributed by atoms with Crippen molar-refractivity contribution in [2.75, 3.05) is 19.0 Å². The number of ether oxygens (including phenoxy) is 2. The molecule has 0 saturated heterocycles. The van der Waals surface area contributed by atoms with Gasteiger partial charge in [-0.05, 0) is 49.4 Å². The van der Waals surface area contributed by atoms with E-state index in [1.54, 1.807) is 24.3 Å². The van der Waals surface area contributed by atoms with Gasteiger partial charge < -0.3 is 14.8 Å². The number of anilines is 1. The number of hydrogen-bond acceptors (Lipinski definition) is 5. The van der Waals surface area contributed by atoms with Crippen molar-refractivity contribution in [3.05, 3.63) is 58.6 Å². The highest BCUT2D eigenvalue weighted by atomic mass is 35.5. The summed E-state index contributed by atoms with van der Waals surface area (Å²) in [6.07, 6.45) is 0. The highest BCUT2D eigenvalue weighted by molar-refractivity contribution is 6.33. The molecule has 0 atom stereocenters. The molecule has 0 unspecified atom stereocenters. The summed E-state index contributed by atoms with van der Waals surface area (Å²) in [5, 5.41) is 2.86. The van der Waals surface area contributed by atoms with E-state index in [0.717, 1.165) is 0 Å². The van der Waals surface area contributed by atoms with Gasteiger partial charge in [0.2, 0.25) is 0 Å². The molecule has 0 aliphatic carbocycles. The summed E-state index contributed by atoms with van der Waals surface area (Å²) in [5.74, 6) is -0.576. The Morgan fingerprint density at radius 3 is 2.28 bits per heavy atom. The van der Waals surface area contributed by atoms with Crippen molar-refractivity contribution in [3.8, 4) is 5.75 Å². The summed E-state index contributed by atoms with van der Waals surface area (Å²) in [6.45, 7) is 1.22. The van der Waals surface area contributed by atoms with Gasteiger partial charge in [0.15, 0.2) is 12.4 Å².